The van der Waals surface area contributed by atoms with Crippen molar-refractivity contribution in [3.8, 4) is 6.07 Å². The predicted molar refractivity (Wildman–Crippen MR) is 98.6 cm³/mol. The van der Waals surface area contributed by atoms with Crippen molar-refractivity contribution in [1.29, 1.82) is 5.26 Å². The Hall–Kier alpha value is -3.14. The Bertz CT molecular complexity index is 976. The third kappa shape index (κ3) is 2.73. The molecule has 1 saturated heterocycles. The Morgan fingerprint density at radius 1 is 1.38 bits per heavy atom. The summed E-state index contributed by atoms with van der Waals surface area (Å²) >= 11 is 0. The molecule has 0 spiro atoms. The van der Waals surface area contributed by atoms with Gasteiger partial charge in [0.2, 0.25) is 0 Å². The van der Waals surface area contributed by atoms with Gasteiger partial charge in [-0.1, -0.05) is 0 Å². The lowest BCUT2D eigenvalue weighted by molar-refractivity contribution is 0.592. The molecule has 1 fully saturated rings. The number of H-pyrrole nitrogens is 1. The van der Waals surface area contributed by atoms with Crippen LogP contribution in [0.15, 0.2) is 36.8 Å². The van der Waals surface area contributed by atoms with Gasteiger partial charge in [0.15, 0.2) is 0 Å². The van der Waals surface area contributed by atoms with Crippen molar-refractivity contribution in [2.45, 2.75) is 19.4 Å². The van der Waals surface area contributed by atoms with Crippen LogP contribution in [0.25, 0.3) is 11.0 Å². The molecule has 1 aliphatic rings. The van der Waals surface area contributed by atoms with Gasteiger partial charge in [0.1, 0.15) is 23.6 Å². The quantitative estimate of drug-likeness (QED) is 0.783. The summed E-state index contributed by atoms with van der Waals surface area (Å²) in [5, 5.41) is 9.94. The zero-order valence-corrected chi connectivity index (χ0v) is 14.5. The van der Waals surface area contributed by atoms with Gasteiger partial charge in [-0.2, -0.15) is 5.26 Å². The van der Waals surface area contributed by atoms with Gasteiger partial charge in [0.05, 0.1) is 22.7 Å². The van der Waals surface area contributed by atoms with Gasteiger partial charge in [-0.05, 0) is 37.6 Å². The number of aromatic nitrogens is 3. The number of halogens is 1. The fourth-order valence-electron chi connectivity index (χ4n) is 3.73. The number of nitrogens with zero attached hydrogens (tertiary/aromatic N) is 5. The minimum atomic E-state index is -0.348. The summed E-state index contributed by atoms with van der Waals surface area (Å²) in [4.78, 5) is 16.1. The molecule has 1 aromatic carbocycles. The van der Waals surface area contributed by atoms with Gasteiger partial charge in [-0.15, -0.1) is 0 Å². The van der Waals surface area contributed by atoms with E-state index in [1.165, 1.54) is 6.07 Å². The summed E-state index contributed by atoms with van der Waals surface area (Å²) in [6.45, 7) is 4.35. The first-order valence-electron chi connectivity index (χ1n) is 8.70. The third-order valence-corrected chi connectivity index (χ3v) is 4.96. The van der Waals surface area contributed by atoms with E-state index in [9.17, 15) is 4.39 Å². The average Bonchev–Trinajstić information content (AvgIpc) is 3.32. The van der Waals surface area contributed by atoms with Gasteiger partial charge in [0.25, 0.3) is 0 Å². The van der Waals surface area contributed by atoms with E-state index in [1.807, 2.05) is 25.3 Å². The number of likely N-dealkylation sites (N-methyl/N-ethyl adjacent to an activating group) is 1. The largest absolute Gasteiger partial charge is 0.365 e. The predicted octanol–water partition coefficient (Wildman–Crippen LogP) is 3.07. The fraction of sp³-hybridized carbons (Fsp3) is 0.316. The smallest absolute Gasteiger partial charge is 0.147 e. The van der Waals surface area contributed by atoms with E-state index in [-0.39, 0.29) is 11.9 Å². The molecule has 7 heteroatoms. The van der Waals surface area contributed by atoms with Crippen LogP contribution in [-0.2, 0) is 0 Å². The van der Waals surface area contributed by atoms with Crippen LogP contribution >= 0.6 is 0 Å². The summed E-state index contributed by atoms with van der Waals surface area (Å²) < 4.78 is 14.5. The zero-order chi connectivity index (χ0) is 18.1. The Kier molecular flexibility index (Phi) is 4.17. The second kappa shape index (κ2) is 6.64. The van der Waals surface area contributed by atoms with Crippen LogP contribution in [0.5, 0.6) is 0 Å². The molecule has 0 radical (unpaired) electrons. The molecule has 1 aliphatic heterocycles. The SMILES string of the molecule is CCN(c1ccc(C#N)cc1F)C1CCN(c2ncnc3[nH]ccc23)C1. The highest BCUT2D eigenvalue weighted by Gasteiger charge is 2.30. The standard InChI is InChI=1S/C19H19FN6/c1-2-26(17-4-3-13(10-21)9-16(17)20)14-6-8-25(11-14)19-15-5-7-22-18(15)23-12-24-19/h3-5,7,9,12,14H,2,6,8,11H2,1H3,(H,22,23,24). The monoisotopic (exact) mass is 350 g/mol. The van der Waals surface area contributed by atoms with Crippen LogP contribution in [0.3, 0.4) is 0 Å². The lowest BCUT2D eigenvalue weighted by atomic mass is 10.1. The highest BCUT2D eigenvalue weighted by atomic mass is 19.1. The molecule has 3 heterocycles. The summed E-state index contributed by atoms with van der Waals surface area (Å²) in [6.07, 6.45) is 4.35. The normalized spacial score (nSPS) is 16.8. The summed E-state index contributed by atoms with van der Waals surface area (Å²) in [5.74, 6) is 0.564. The number of benzene rings is 1. The molecule has 132 valence electrons. The molecule has 1 atom stereocenters. The topological polar surface area (TPSA) is 71.8 Å². The number of fused-ring (bicyclic) bond motifs is 1. The number of anilines is 2. The van der Waals surface area contributed by atoms with Gasteiger partial charge in [0, 0.05) is 31.9 Å². The van der Waals surface area contributed by atoms with Crippen molar-refractivity contribution in [2.24, 2.45) is 0 Å². The van der Waals surface area contributed by atoms with Crippen molar-refractivity contribution in [1.82, 2.24) is 15.0 Å². The minimum Gasteiger partial charge on any atom is -0.365 e. The molecule has 1 unspecified atom stereocenters. The zero-order valence-electron chi connectivity index (χ0n) is 14.5. The van der Waals surface area contributed by atoms with E-state index in [2.05, 4.69) is 24.8 Å². The molecule has 1 N–H and O–H groups in total. The molecule has 0 amide bonds. The van der Waals surface area contributed by atoms with Crippen LogP contribution < -0.4 is 9.80 Å². The molecule has 3 aromatic rings. The maximum Gasteiger partial charge on any atom is 0.147 e. The minimum absolute atomic E-state index is 0.186. The molecular formula is C19H19FN6. The summed E-state index contributed by atoms with van der Waals surface area (Å²) in [7, 11) is 0. The number of rotatable bonds is 4. The maximum atomic E-state index is 14.5. The average molecular weight is 350 g/mol. The van der Waals surface area contributed by atoms with Crippen molar-refractivity contribution < 1.29 is 4.39 Å². The first-order chi connectivity index (χ1) is 12.7. The lowest BCUT2D eigenvalue weighted by Gasteiger charge is -2.30. The fourth-order valence-corrected chi connectivity index (χ4v) is 3.73. The molecule has 6 nitrogen and oxygen atoms in total. The number of nitriles is 1. The van der Waals surface area contributed by atoms with Crippen molar-refractivity contribution >= 4 is 22.5 Å². The van der Waals surface area contributed by atoms with Gasteiger partial charge in [-0.3, -0.25) is 0 Å². The molecule has 2 aromatic heterocycles. The molecule has 26 heavy (non-hydrogen) atoms. The summed E-state index contributed by atoms with van der Waals surface area (Å²) in [6, 6.07) is 8.82. The van der Waals surface area contributed by atoms with E-state index in [0.717, 1.165) is 36.4 Å². The van der Waals surface area contributed by atoms with E-state index >= 15 is 0 Å². The number of hydrogen-bond donors (Lipinski definition) is 1. The number of aromatic amines is 1. The Morgan fingerprint density at radius 2 is 2.27 bits per heavy atom. The highest BCUT2D eigenvalue weighted by molar-refractivity contribution is 5.87. The van der Waals surface area contributed by atoms with E-state index < -0.39 is 0 Å². The molecule has 4 rings (SSSR count). The molecule has 0 saturated carbocycles. The van der Waals surface area contributed by atoms with Gasteiger partial charge >= 0.3 is 0 Å². The van der Waals surface area contributed by atoms with E-state index in [0.29, 0.717) is 17.8 Å². The van der Waals surface area contributed by atoms with Crippen LogP contribution in [0.4, 0.5) is 15.9 Å². The van der Waals surface area contributed by atoms with E-state index in [4.69, 9.17) is 5.26 Å². The van der Waals surface area contributed by atoms with Crippen molar-refractivity contribution in [2.75, 3.05) is 29.4 Å². The third-order valence-electron chi connectivity index (χ3n) is 4.96. The highest BCUT2D eigenvalue weighted by Crippen LogP contribution is 2.30. The van der Waals surface area contributed by atoms with Gasteiger partial charge in [-0.25, -0.2) is 14.4 Å². The Labute approximate surface area is 150 Å². The van der Waals surface area contributed by atoms with Crippen LogP contribution in [0.2, 0.25) is 0 Å². The Balaban J connectivity index is 1.59. The van der Waals surface area contributed by atoms with Crippen LogP contribution in [0.1, 0.15) is 18.9 Å². The first kappa shape index (κ1) is 16.3. The second-order valence-corrected chi connectivity index (χ2v) is 6.39. The van der Waals surface area contributed by atoms with E-state index in [1.54, 1.807) is 18.5 Å². The van der Waals surface area contributed by atoms with Crippen molar-refractivity contribution in [3.05, 3.63) is 48.2 Å². The molecular weight excluding hydrogens is 331 g/mol. The maximum absolute atomic E-state index is 14.5. The Morgan fingerprint density at radius 3 is 3.04 bits per heavy atom. The number of nitrogens with one attached hydrogen (secondary N) is 1. The van der Waals surface area contributed by atoms with Crippen LogP contribution in [-0.4, -0.2) is 40.6 Å². The number of hydrogen-bond acceptors (Lipinski definition) is 5. The first-order valence-corrected chi connectivity index (χ1v) is 8.70. The lowest BCUT2D eigenvalue weighted by Crippen LogP contribution is -2.38. The van der Waals surface area contributed by atoms with Crippen molar-refractivity contribution in [3.63, 3.8) is 0 Å². The molecule has 0 aliphatic carbocycles. The molecule has 0 bridgehead atoms. The second-order valence-electron chi connectivity index (χ2n) is 6.39. The van der Waals surface area contributed by atoms with Crippen LogP contribution in [0, 0.1) is 17.1 Å². The van der Waals surface area contributed by atoms with Gasteiger partial charge < -0.3 is 14.8 Å². The summed E-state index contributed by atoms with van der Waals surface area (Å²) in [5.41, 5.74) is 1.71.